The van der Waals surface area contributed by atoms with Gasteiger partial charge in [-0.15, -0.1) is 0 Å². The highest BCUT2D eigenvalue weighted by Crippen LogP contribution is 2.54. The average Bonchev–Trinajstić information content (AvgIpc) is 3.37. The Hall–Kier alpha value is -5.60. The molecule has 0 aliphatic heterocycles. The summed E-state index contributed by atoms with van der Waals surface area (Å²) in [7, 11) is 0. The molecule has 0 aromatic heterocycles. The zero-order chi connectivity index (χ0) is 36.1. The van der Waals surface area contributed by atoms with Crippen LogP contribution in [0.5, 0.6) is 0 Å². The number of rotatable bonds is 6. The fraction of sp³-hybridized carbons (Fsp3) is 0.184. The van der Waals surface area contributed by atoms with Gasteiger partial charge in [0.05, 0.1) is 0 Å². The van der Waals surface area contributed by atoms with Crippen molar-refractivity contribution < 1.29 is 0 Å². The Morgan fingerprint density at radius 3 is 1.84 bits per heavy atom. The minimum absolute atomic E-state index is 0.0177. The van der Waals surface area contributed by atoms with E-state index in [0.29, 0.717) is 5.84 Å². The van der Waals surface area contributed by atoms with E-state index in [-0.39, 0.29) is 5.41 Å². The van der Waals surface area contributed by atoms with E-state index in [1.54, 1.807) is 0 Å². The summed E-state index contributed by atoms with van der Waals surface area (Å²) in [5.74, 6) is 0.651. The largest absolute Gasteiger partial charge is 0.245 e. The first-order valence-corrected chi connectivity index (χ1v) is 17.8. The normalized spacial score (nSPS) is 13.2. The number of aliphatic imine (C=N–C) groups is 2. The van der Waals surface area contributed by atoms with Gasteiger partial charge in [0, 0.05) is 17.2 Å². The van der Waals surface area contributed by atoms with Crippen LogP contribution in [0.15, 0.2) is 155 Å². The molecule has 6 aromatic rings. The smallest absolute Gasteiger partial charge is 0.158 e. The molecule has 0 unspecified atom stereocenters. The second kappa shape index (κ2) is 15.1. The Kier molecular flexibility index (Phi) is 10.4. The van der Waals surface area contributed by atoms with Gasteiger partial charge < -0.3 is 0 Å². The van der Waals surface area contributed by atoms with Crippen LogP contribution < -0.4 is 0 Å². The van der Waals surface area contributed by atoms with Crippen LogP contribution in [-0.2, 0) is 11.8 Å². The Morgan fingerprint density at radius 1 is 0.569 bits per heavy atom. The molecule has 254 valence electrons. The summed E-state index contributed by atoms with van der Waals surface area (Å²) in [6.07, 6.45) is 2.76. The van der Waals surface area contributed by atoms with Crippen LogP contribution in [0, 0.1) is 27.7 Å². The monoisotopic (exact) mass is 664 g/mol. The van der Waals surface area contributed by atoms with Gasteiger partial charge in [0.2, 0.25) is 0 Å². The highest BCUT2D eigenvalue weighted by molar-refractivity contribution is 6.01. The van der Waals surface area contributed by atoms with Crippen molar-refractivity contribution in [3.8, 4) is 33.4 Å². The third kappa shape index (κ3) is 7.19. The van der Waals surface area contributed by atoms with E-state index in [2.05, 4.69) is 150 Å². The Labute approximate surface area is 305 Å². The number of hydrogen-bond acceptors (Lipinski definition) is 1. The molecular weight excluding hydrogens is 617 g/mol. The fourth-order valence-corrected chi connectivity index (χ4v) is 7.55. The predicted octanol–water partition coefficient (Wildman–Crippen LogP) is 12.8. The molecule has 51 heavy (non-hydrogen) atoms. The molecule has 7 rings (SSSR count). The average molecular weight is 665 g/mol. The van der Waals surface area contributed by atoms with Crippen molar-refractivity contribution in [3.05, 3.63) is 190 Å². The molecule has 0 radical (unpaired) electrons. The number of benzene rings is 6. The number of amidine groups is 1. The zero-order valence-corrected chi connectivity index (χ0v) is 31.1. The van der Waals surface area contributed by atoms with Crippen molar-refractivity contribution in [3.63, 3.8) is 0 Å². The van der Waals surface area contributed by atoms with E-state index >= 15 is 0 Å². The summed E-state index contributed by atoms with van der Waals surface area (Å²) in [6, 6.07) is 47.2. The number of nitrogens with zero attached hydrogens (tertiary/aromatic N) is 2. The van der Waals surface area contributed by atoms with Gasteiger partial charge >= 0.3 is 0 Å². The molecule has 6 aromatic carbocycles. The van der Waals surface area contributed by atoms with Gasteiger partial charge in [0.25, 0.3) is 0 Å². The summed E-state index contributed by atoms with van der Waals surface area (Å²) < 4.78 is 0. The maximum atomic E-state index is 4.43. The van der Waals surface area contributed by atoms with E-state index < -0.39 is 0 Å². The lowest BCUT2D eigenvalue weighted by atomic mass is 9.80. The molecule has 0 fully saturated rings. The standard InChI is InChI=1S/C31H30.C18H18N2/c1-19-11-7-8-12-23(19)24-17-15-20(2)28(22(24)4)29-21(3)16-18-27-30(29)25-13-9-10-14-26(25)31(27,5)6;1-15(13-16-9-5-3-6-10-16)14-20-18(19-2)17-11-7-4-8-12-17/h7-18H,1-6H3;3-12,14H,2,13H2,1H3/b;15-14-,20-18?. The van der Waals surface area contributed by atoms with Gasteiger partial charge in [0.15, 0.2) is 5.84 Å². The van der Waals surface area contributed by atoms with Crippen LogP contribution in [0.4, 0.5) is 0 Å². The molecule has 1 aliphatic rings. The Bertz CT molecular complexity index is 2250. The summed E-state index contributed by atoms with van der Waals surface area (Å²) in [4.78, 5) is 8.43. The van der Waals surface area contributed by atoms with Gasteiger partial charge in [-0.2, -0.15) is 0 Å². The summed E-state index contributed by atoms with van der Waals surface area (Å²) in [6.45, 7) is 19.4. The highest BCUT2D eigenvalue weighted by atomic mass is 14.9. The maximum Gasteiger partial charge on any atom is 0.158 e. The Balaban J connectivity index is 0.000000194. The molecular formula is C49H48N2. The lowest BCUT2D eigenvalue weighted by Crippen LogP contribution is -2.15. The molecule has 0 heterocycles. The van der Waals surface area contributed by atoms with Crippen LogP contribution >= 0.6 is 0 Å². The summed E-state index contributed by atoms with van der Waals surface area (Å²) in [5.41, 5.74) is 20.0. The maximum absolute atomic E-state index is 4.43. The fourth-order valence-electron chi connectivity index (χ4n) is 7.55. The molecule has 0 amide bonds. The van der Waals surface area contributed by atoms with E-state index in [1.807, 2.05) is 54.7 Å². The van der Waals surface area contributed by atoms with E-state index in [1.165, 1.54) is 77.9 Å². The third-order valence-corrected chi connectivity index (χ3v) is 10.2. The topological polar surface area (TPSA) is 24.7 Å². The van der Waals surface area contributed by atoms with Gasteiger partial charge in [-0.1, -0.05) is 153 Å². The van der Waals surface area contributed by atoms with Crippen molar-refractivity contribution in [1.82, 2.24) is 0 Å². The van der Waals surface area contributed by atoms with Gasteiger partial charge in [-0.05, 0) is 120 Å². The molecule has 1 aliphatic carbocycles. The third-order valence-electron chi connectivity index (χ3n) is 10.2. The lowest BCUT2D eigenvalue weighted by Gasteiger charge is -2.24. The van der Waals surface area contributed by atoms with Crippen molar-refractivity contribution >= 4 is 12.6 Å². The minimum Gasteiger partial charge on any atom is -0.245 e. The second-order valence-electron chi connectivity index (χ2n) is 14.2. The van der Waals surface area contributed by atoms with Crippen LogP contribution in [0.1, 0.15) is 65.3 Å². The minimum atomic E-state index is 0.0177. The molecule has 0 spiro atoms. The van der Waals surface area contributed by atoms with Gasteiger partial charge in [-0.3, -0.25) is 0 Å². The van der Waals surface area contributed by atoms with Crippen molar-refractivity contribution in [1.29, 1.82) is 0 Å². The van der Waals surface area contributed by atoms with Crippen molar-refractivity contribution in [2.24, 2.45) is 9.98 Å². The van der Waals surface area contributed by atoms with E-state index in [0.717, 1.165) is 12.0 Å². The van der Waals surface area contributed by atoms with Crippen molar-refractivity contribution in [2.75, 3.05) is 0 Å². The molecule has 0 saturated carbocycles. The van der Waals surface area contributed by atoms with Crippen LogP contribution in [0.3, 0.4) is 0 Å². The van der Waals surface area contributed by atoms with Gasteiger partial charge in [0.1, 0.15) is 0 Å². The number of hydrogen-bond donors (Lipinski definition) is 0. The second-order valence-corrected chi connectivity index (χ2v) is 14.2. The Morgan fingerprint density at radius 2 is 1.16 bits per heavy atom. The summed E-state index contributed by atoms with van der Waals surface area (Å²) >= 11 is 0. The van der Waals surface area contributed by atoms with Crippen LogP contribution in [-0.4, -0.2) is 12.6 Å². The quantitative estimate of drug-likeness (QED) is 0.125. The molecule has 2 heteroatoms. The molecule has 0 saturated heterocycles. The first kappa shape index (κ1) is 35.2. The van der Waals surface area contributed by atoms with Gasteiger partial charge in [-0.25, -0.2) is 9.98 Å². The molecule has 0 bridgehead atoms. The predicted molar refractivity (Wildman–Crippen MR) is 220 cm³/mol. The summed E-state index contributed by atoms with van der Waals surface area (Å²) in [5, 5.41) is 0. The number of aryl methyl sites for hydroxylation is 3. The first-order chi connectivity index (χ1) is 24.6. The van der Waals surface area contributed by atoms with Crippen LogP contribution in [0.2, 0.25) is 0 Å². The highest BCUT2D eigenvalue weighted by Gasteiger charge is 2.37. The first-order valence-electron chi connectivity index (χ1n) is 17.8. The SMILES string of the molecule is C=NC(=N/C=C(/C)Cc1ccccc1)c1ccccc1.Cc1ccccc1-c1ccc(C)c(-c2c(C)ccc3c2-c2ccccc2C3(C)C)c1C. The molecule has 2 nitrogen and oxygen atoms in total. The lowest BCUT2D eigenvalue weighted by molar-refractivity contribution is 0.660. The number of allylic oxidation sites excluding steroid dienone is 1. The van der Waals surface area contributed by atoms with E-state index in [9.17, 15) is 0 Å². The molecule has 0 N–H and O–H groups in total. The number of fused-ring (bicyclic) bond motifs is 3. The van der Waals surface area contributed by atoms with Crippen LogP contribution in [0.25, 0.3) is 33.4 Å². The van der Waals surface area contributed by atoms with Crippen molar-refractivity contribution in [2.45, 2.75) is 60.3 Å². The molecule has 0 atom stereocenters. The van der Waals surface area contributed by atoms with E-state index in [4.69, 9.17) is 0 Å². The zero-order valence-electron chi connectivity index (χ0n) is 31.1.